The first kappa shape index (κ1) is 12.5. The van der Waals surface area contributed by atoms with Gasteiger partial charge in [-0.25, -0.2) is 4.79 Å². The van der Waals surface area contributed by atoms with Gasteiger partial charge in [-0.3, -0.25) is 4.79 Å². The Morgan fingerprint density at radius 3 is 2.44 bits per heavy atom. The molecule has 3 N–H and O–H groups in total. The highest BCUT2D eigenvalue weighted by Gasteiger charge is 2.17. The maximum atomic E-state index is 11.0. The van der Waals surface area contributed by atoms with E-state index in [9.17, 15) is 9.59 Å². The third kappa shape index (κ3) is 2.52. The van der Waals surface area contributed by atoms with Gasteiger partial charge in [-0.2, -0.15) is 0 Å². The monoisotopic (exact) mass is 241 g/mol. The number of halogens is 1. The average molecular weight is 242 g/mol. The fraction of sp³-hybridized carbons (Fsp3) is 0.273. The number of rotatable bonds is 4. The van der Waals surface area contributed by atoms with Crippen LogP contribution >= 0.6 is 11.6 Å². The fourth-order valence-corrected chi connectivity index (χ4v) is 1.72. The second kappa shape index (κ2) is 4.99. The van der Waals surface area contributed by atoms with Crippen LogP contribution in [0.3, 0.4) is 0 Å². The minimum absolute atomic E-state index is 0.0580. The van der Waals surface area contributed by atoms with Gasteiger partial charge in [0.05, 0.1) is 11.1 Å². The Bertz CT molecular complexity index is 443. The molecule has 5 heteroatoms. The van der Waals surface area contributed by atoms with E-state index < -0.39 is 11.9 Å². The molecule has 0 aliphatic carbocycles. The summed E-state index contributed by atoms with van der Waals surface area (Å²) in [7, 11) is 0. The summed E-state index contributed by atoms with van der Waals surface area (Å²) in [4.78, 5) is 22.0. The summed E-state index contributed by atoms with van der Waals surface area (Å²) in [5.41, 5.74) is 5.64. The molecular weight excluding hydrogens is 230 g/mol. The van der Waals surface area contributed by atoms with Gasteiger partial charge >= 0.3 is 5.97 Å². The van der Waals surface area contributed by atoms with Gasteiger partial charge in [0, 0.05) is 5.02 Å². The number of hydrogen-bond acceptors (Lipinski definition) is 2. The van der Waals surface area contributed by atoms with Crippen LogP contribution in [0.25, 0.3) is 0 Å². The van der Waals surface area contributed by atoms with Gasteiger partial charge in [0.25, 0.3) is 0 Å². The number of primary amides is 1. The minimum Gasteiger partial charge on any atom is -0.478 e. The molecule has 1 amide bonds. The Labute approximate surface area is 98.0 Å². The van der Waals surface area contributed by atoms with E-state index in [1.54, 1.807) is 0 Å². The van der Waals surface area contributed by atoms with Crippen LogP contribution < -0.4 is 5.73 Å². The minimum atomic E-state index is -1.18. The number of carboxylic acids is 1. The molecule has 86 valence electrons. The lowest BCUT2D eigenvalue weighted by molar-refractivity contribution is 0.0692. The molecular formula is C11H12ClNO3. The molecule has 0 fully saturated rings. The Hall–Kier alpha value is -1.55. The maximum absolute atomic E-state index is 11.0. The summed E-state index contributed by atoms with van der Waals surface area (Å²) < 4.78 is 0. The number of aromatic carboxylic acids is 1. The summed E-state index contributed by atoms with van der Waals surface area (Å²) in [6.07, 6.45) is 1.51. The third-order valence-corrected chi connectivity index (χ3v) is 2.55. The van der Waals surface area contributed by atoms with E-state index in [1.807, 2.05) is 6.92 Å². The molecule has 0 atom stereocenters. The van der Waals surface area contributed by atoms with Gasteiger partial charge in [-0.15, -0.1) is 0 Å². The molecule has 1 aromatic carbocycles. The van der Waals surface area contributed by atoms with Crippen molar-refractivity contribution in [1.82, 2.24) is 0 Å². The molecule has 1 rings (SSSR count). The van der Waals surface area contributed by atoms with Crippen molar-refractivity contribution in [2.24, 2.45) is 5.73 Å². The molecule has 4 nitrogen and oxygen atoms in total. The van der Waals surface area contributed by atoms with Gasteiger partial charge in [0.1, 0.15) is 0 Å². The van der Waals surface area contributed by atoms with Crippen LogP contribution in [-0.2, 0) is 6.42 Å². The highest BCUT2D eigenvalue weighted by Crippen LogP contribution is 2.23. The van der Waals surface area contributed by atoms with Crippen molar-refractivity contribution in [3.05, 3.63) is 33.8 Å². The van der Waals surface area contributed by atoms with Crippen molar-refractivity contribution in [1.29, 1.82) is 0 Å². The predicted molar refractivity (Wildman–Crippen MR) is 60.9 cm³/mol. The van der Waals surface area contributed by atoms with E-state index in [0.29, 0.717) is 17.0 Å². The number of nitrogens with two attached hydrogens (primary N) is 1. The molecule has 16 heavy (non-hydrogen) atoms. The predicted octanol–water partition coefficient (Wildman–Crippen LogP) is 2.09. The van der Waals surface area contributed by atoms with E-state index in [-0.39, 0.29) is 11.1 Å². The number of aryl methyl sites for hydroxylation is 1. The third-order valence-electron chi connectivity index (χ3n) is 2.20. The van der Waals surface area contributed by atoms with Crippen LogP contribution in [-0.4, -0.2) is 17.0 Å². The van der Waals surface area contributed by atoms with Gasteiger partial charge in [-0.05, 0) is 24.1 Å². The van der Waals surface area contributed by atoms with Crippen molar-refractivity contribution in [2.75, 3.05) is 0 Å². The lowest BCUT2D eigenvalue weighted by Gasteiger charge is -2.08. The second-order valence-electron chi connectivity index (χ2n) is 3.41. The van der Waals surface area contributed by atoms with Crippen molar-refractivity contribution in [3.63, 3.8) is 0 Å². The molecule has 0 unspecified atom stereocenters. The highest BCUT2D eigenvalue weighted by atomic mass is 35.5. The Kier molecular flexibility index (Phi) is 3.90. The zero-order valence-electron chi connectivity index (χ0n) is 8.79. The lowest BCUT2D eigenvalue weighted by Crippen LogP contribution is -2.16. The van der Waals surface area contributed by atoms with Crippen molar-refractivity contribution >= 4 is 23.5 Å². The van der Waals surface area contributed by atoms with Crippen LogP contribution in [0.2, 0.25) is 5.02 Å². The summed E-state index contributed by atoms with van der Waals surface area (Å²) in [6.45, 7) is 1.96. The Balaban J connectivity index is 3.37. The van der Waals surface area contributed by atoms with Crippen LogP contribution in [0.5, 0.6) is 0 Å². The molecule has 0 aliphatic rings. The number of amides is 1. The topological polar surface area (TPSA) is 80.4 Å². The molecule has 0 aromatic heterocycles. The van der Waals surface area contributed by atoms with E-state index in [4.69, 9.17) is 22.4 Å². The second-order valence-corrected chi connectivity index (χ2v) is 3.82. The first-order chi connectivity index (χ1) is 7.47. The van der Waals surface area contributed by atoms with Crippen LogP contribution in [0, 0.1) is 0 Å². The number of benzene rings is 1. The number of carbonyl (C=O) groups is 2. The van der Waals surface area contributed by atoms with Crippen molar-refractivity contribution < 1.29 is 14.7 Å². The molecule has 0 heterocycles. The van der Waals surface area contributed by atoms with E-state index in [1.165, 1.54) is 12.1 Å². The fourth-order valence-electron chi connectivity index (χ4n) is 1.46. The Morgan fingerprint density at radius 2 is 2.00 bits per heavy atom. The summed E-state index contributed by atoms with van der Waals surface area (Å²) in [5.74, 6) is -1.97. The summed E-state index contributed by atoms with van der Waals surface area (Å²) >= 11 is 5.93. The molecule has 1 aromatic rings. The quantitative estimate of drug-likeness (QED) is 0.847. The van der Waals surface area contributed by atoms with Crippen molar-refractivity contribution in [3.8, 4) is 0 Å². The lowest BCUT2D eigenvalue weighted by atomic mass is 10.0. The van der Waals surface area contributed by atoms with Crippen LogP contribution in [0.1, 0.15) is 39.6 Å². The van der Waals surface area contributed by atoms with Gasteiger partial charge in [-0.1, -0.05) is 24.9 Å². The average Bonchev–Trinajstić information content (AvgIpc) is 2.20. The highest BCUT2D eigenvalue weighted by molar-refractivity contribution is 6.32. The molecule has 0 saturated heterocycles. The van der Waals surface area contributed by atoms with Crippen LogP contribution in [0.4, 0.5) is 0 Å². The van der Waals surface area contributed by atoms with Crippen molar-refractivity contribution in [2.45, 2.75) is 19.8 Å². The normalized spacial score (nSPS) is 10.1. The summed E-state index contributed by atoms with van der Waals surface area (Å²) in [6, 6.07) is 2.73. The van der Waals surface area contributed by atoms with Gasteiger partial charge in [0.15, 0.2) is 0 Å². The van der Waals surface area contributed by atoms with Crippen LogP contribution in [0.15, 0.2) is 12.1 Å². The standard InChI is InChI=1S/C11H12ClNO3/c1-2-3-6-4-8(11(15)16)7(10(13)14)5-9(6)12/h4-5H,2-3H2,1H3,(H2,13,14)(H,15,16). The smallest absolute Gasteiger partial charge is 0.336 e. The SMILES string of the molecule is CCCc1cc(C(=O)O)c(C(N)=O)cc1Cl. The molecule has 0 radical (unpaired) electrons. The molecule has 0 bridgehead atoms. The number of carbonyl (C=O) groups excluding carboxylic acids is 1. The van der Waals surface area contributed by atoms with E-state index in [0.717, 1.165) is 6.42 Å². The zero-order valence-corrected chi connectivity index (χ0v) is 9.54. The largest absolute Gasteiger partial charge is 0.478 e. The molecule has 0 saturated carbocycles. The molecule has 0 aliphatic heterocycles. The first-order valence-corrected chi connectivity index (χ1v) is 5.20. The first-order valence-electron chi connectivity index (χ1n) is 4.82. The van der Waals surface area contributed by atoms with Gasteiger partial charge < -0.3 is 10.8 Å². The Morgan fingerprint density at radius 1 is 1.38 bits per heavy atom. The zero-order chi connectivity index (χ0) is 12.3. The summed E-state index contributed by atoms with van der Waals surface area (Å²) in [5, 5.41) is 9.32. The van der Waals surface area contributed by atoms with Gasteiger partial charge in [0.2, 0.25) is 5.91 Å². The number of carboxylic acid groups (broad SMARTS) is 1. The number of hydrogen-bond donors (Lipinski definition) is 2. The van der Waals surface area contributed by atoms with E-state index in [2.05, 4.69) is 0 Å². The molecule has 0 spiro atoms. The maximum Gasteiger partial charge on any atom is 0.336 e. The van der Waals surface area contributed by atoms with E-state index >= 15 is 0 Å².